The van der Waals surface area contributed by atoms with Gasteiger partial charge in [-0.1, -0.05) is 17.7 Å². The molecule has 2 rings (SSSR count). The molecule has 1 aliphatic rings. The summed E-state index contributed by atoms with van der Waals surface area (Å²) in [7, 11) is 1.75. The monoisotopic (exact) mass is 271 g/mol. The molecule has 0 saturated carbocycles. The molecule has 1 heterocycles. The minimum absolute atomic E-state index is 0.00957. The zero-order valence-corrected chi connectivity index (χ0v) is 11.6. The van der Waals surface area contributed by atoms with E-state index in [9.17, 15) is 4.39 Å². The lowest BCUT2D eigenvalue weighted by Gasteiger charge is -2.47. The number of halogens is 2. The highest BCUT2D eigenvalue weighted by atomic mass is 35.5. The van der Waals surface area contributed by atoms with Gasteiger partial charge in [0.05, 0.1) is 5.60 Å². The Labute approximate surface area is 113 Å². The number of methoxy groups -OCH3 is 1. The van der Waals surface area contributed by atoms with Gasteiger partial charge in [-0.15, -0.1) is 0 Å². The molecule has 1 aliphatic heterocycles. The molecule has 0 bridgehead atoms. The van der Waals surface area contributed by atoms with Crippen LogP contribution < -0.4 is 0 Å². The van der Waals surface area contributed by atoms with Crippen LogP contribution in [0.5, 0.6) is 0 Å². The van der Waals surface area contributed by atoms with Crippen molar-refractivity contribution in [2.45, 2.75) is 25.4 Å². The van der Waals surface area contributed by atoms with E-state index in [0.29, 0.717) is 17.0 Å². The van der Waals surface area contributed by atoms with Crippen molar-refractivity contribution in [2.24, 2.45) is 0 Å². The second kappa shape index (κ2) is 5.55. The van der Waals surface area contributed by atoms with E-state index in [1.165, 1.54) is 6.07 Å². The van der Waals surface area contributed by atoms with Crippen LogP contribution in [-0.2, 0) is 11.2 Å². The summed E-state index contributed by atoms with van der Waals surface area (Å²) in [5.74, 6) is -0.201. The van der Waals surface area contributed by atoms with Gasteiger partial charge in [-0.2, -0.15) is 0 Å². The zero-order valence-electron chi connectivity index (χ0n) is 10.9. The number of rotatable bonds is 5. The van der Waals surface area contributed by atoms with Gasteiger partial charge >= 0.3 is 0 Å². The Morgan fingerprint density at radius 1 is 1.44 bits per heavy atom. The average molecular weight is 272 g/mol. The maximum atomic E-state index is 13.5. The summed E-state index contributed by atoms with van der Waals surface area (Å²) in [5, 5.41) is 0.528. The Morgan fingerprint density at radius 2 is 2.17 bits per heavy atom. The van der Waals surface area contributed by atoms with E-state index in [0.717, 1.165) is 26.1 Å². The van der Waals surface area contributed by atoms with Gasteiger partial charge in [0.15, 0.2) is 0 Å². The van der Waals surface area contributed by atoms with Crippen molar-refractivity contribution in [1.82, 2.24) is 4.90 Å². The number of hydrogen-bond donors (Lipinski definition) is 0. The Hall–Kier alpha value is -0.640. The van der Waals surface area contributed by atoms with Crippen molar-refractivity contribution in [3.63, 3.8) is 0 Å². The Morgan fingerprint density at radius 3 is 2.78 bits per heavy atom. The summed E-state index contributed by atoms with van der Waals surface area (Å²) in [6.07, 6.45) is 1.60. The lowest BCUT2D eigenvalue weighted by Crippen LogP contribution is -2.60. The minimum Gasteiger partial charge on any atom is -0.376 e. The third kappa shape index (κ3) is 3.02. The molecule has 0 atom stereocenters. The van der Waals surface area contributed by atoms with Crippen molar-refractivity contribution < 1.29 is 9.13 Å². The zero-order chi connectivity index (χ0) is 13.2. The molecule has 4 heteroatoms. The highest BCUT2D eigenvalue weighted by Gasteiger charge is 2.37. The van der Waals surface area contributed by atoms with Crippen LogP contribution in [0, 0.1) is 5.82 Å². The van der Waals surface area contributed by atoms with Crippen molar-refractivity contribution in [1.29, 1.82) is 0 Å². The topological polar surface area (TPSA) is 12.5 Å². The molecule has 100 valence electrons. The molecule has 0 radical (unpaired) electrons. The SMILES string of the molecule is COC1(C)CN(CCCc2c(F)cccc2Cl)C1. The molecule has 1 saturated heterocycles. The molecular weight excluding hydrogens is 253 g/mol. The quantitative estimate of drug-likeness (QED) is 0.816. The Balaban J connectivity index is 1.77. The smallest absolute Gasteiger partial charge is 0.127 e. The summed E-state index contributed by atoms with van der Waals surface area (Å²) < 4.78 is 18.9. The van der Waals surface area contributed by atoms with E-state index in [-0.39, 0.29) is 11.4 Å². The molecule has 2 nitrogen and oxygen atoms in total. The Bertz CT molecular complexity index is 398. The standard InChI is InChI=1S/C14H19ClFNO/c1-14(18-2)9-17(10-14)8-4-5-11-12(15)6-3-7-13(11)16/h3,6-7H,4-5,8-10H2,1-2H3. The summed E-state index contributed by atoms with van der Waals surface area (Å²) in [5.41, 5.74) is 0.643. The summed E-state index contributed by atoms with van der Waals surface area (Å²) in [6, 6.07) is 4.85. The fraction of sp³-hybridized carbons (Fsp3) is 0.571. The van der Waals surface area contributed by atoms with Gasteiger partial charge < -0.3 is 4.74 Å². The van der Waals surface area contributed by atoms with E-state index in [1.807, 2.05) is 0 Å². The second-order valence-electron chi connectivity index (χ2n) is 5.17. The lowest BCUT2D eigenvalue weighted by molar-refractivity contribution is -0.110. The first kappa shape index (κ1) is 13.8. The van der Waals surface area contributed by atoms with Gasteiger partial charge in [0.2, 0.25) is 0 Å². The maximum Gasteiger partial charge on any atom is 0.127 e. The first-order chi connectivity index (χ1) is 8.54. The van der Waals surface area contributed by atoms with E-state index < -0.39 is 0 Å². The molecule has 1 aromatic rings. The van der Waals surface area contributed by atoms with Crippen LogP contribution in [0.3, 0.4) is 0 Å². The number of ether oxygens (including phenoxy) is 1. The number of likely N-dealkylation sites (tertiary alicyclic amines) is 1. The van der Waals surface area contributed by atoms with Gasteiger partial charge in [-0.25, -0.2) is 4.39 Å². The summed E-state index contributed by atoms with van der Waals surface area (Å²) in [6.45, 7) is 4.98. The van der Waals surface area contributed by atoms with Crippen LogP contribution >= 0.6 is 11.6 Å². The number of benzene rings is 1. The van der Waals surface area contributed by atoms with Gasteiger partial charge in [0.25, 0.3) is 0 Å². The first-order valence-electron chi connectivity index (χ1n) is 6.24. The van der Waals surface area contributed by atoms with Gasteiger partial charge in [0.1, 0.15) is 5.82 Å². The third-order valence-corrected chi connectivity index (χ3v) is 3.93. The molecule has 1 fully saturated rings. The molecule has 0 N–H and O–H groups in total. The van der Waals surface area contributed by atoms with Crippen molar-refractivity contribution in [3.05, 3.63) is 34.6 Å². The summed E-state index contributed by atoms with van der Waals surface area (Å²) >= 11 is 5.99. The molecule has 0 aliphatic carbocycles. The van der Waals surface area contributed by atoms with Crippen LogP contribution in [0.15, 0.2) is 18.2 Å². The molecule has 0 spiro atoms. The van der Waals surface area contributed by atoms with Crippen LogP contribution in [0.4, 0.5) is 4.39 Å². The molecule has 0 aromatic heterocycles. The lowest BCUT2D eigenvalue weighted by atomic mass is 9.96. The normalized spacial score (nSPS) is 18.7. The largest absolute Gasteiger partial charge is 0.376 e. The molecule has 0 unspecified atom stereocenters. The second-order valence-corrected chi connectivity index (χ2v) is 5.58. The Kier molecular flexibility index (Phi) is 4.25. The fourth-order valence-corrected chi connectivity index (χ4v) is 2.70. The predicted octanol–water partition coefficient (Wildman–Crippen LogP) is 3.13. The van der Waals surface area contributed by atoms with Crippen LogP contribution in [0.1, 0.15) is 18.9 Å². The highest BCUT2D eigenvalue weighted by molar-refractivity contribution is 6.31. The average Bonchev–Trinajstić information content (AvgIpc) is 2.30. The van der Waals surface area contributed by atoms with Crippen LogP contribution in [-0.4, -0.2) is 37.2 Å². The van der Waals surface area contributed by atoms with Crippen molar-refractivity contribution in [3.8, 4) is 0 Å². The number of hydrogen-bond acceptors (Lipinski definition) is 2. The summed E-state index contributed by atoms with van der Waals surface area (Å²) in [4.78, 5) is 2.32. The first-order valence-corrected chi connectivity index (χ1v) is 6.62. The van der Waals surface area contributed by atoms with Crippen LogP contribution in [0.2, 0.25) is 5.02 Å². The predicted molar refractivity (Wildman–Crippen MR) is 71.6 cm³/mol. The van der Waals surface area contributed by atoms with Gasteiger partial charge in [-0.05, 0) is 38.4 Å². The van der Waals surface area contributed by atoms with Crippen LogP contribution in [0.25, 0.3) is 0 Å². The molecule has 18 heavy (non-hydrogen) atoms. The highest BCUT2D eigenvalue weighted by Crippen LogP contribution is 2.25. The van der Waals surface area contributed by atoms with E-state index in [4.69, 9.17) is 16.3 Å². The minimum atomic E-state index is -0.201. The number of nitrogens with zero attached hydrogens (tertiary/aromatic N) is 1. The van der Waals surface area contributed by atoms with Gasteiger partial charge in [-0.3, -0.25) is 4.90 Å². The van der Waals surface area contributed by atoms with Crippen molar-refractivity contribution >= 4 is 11.6 Å². The van der Waals surface area contributed by atoms with Crippen molar-refractivity contribution in [2.75, 3.05) is 26.7 Å². The molecule has 1 aromatic carbocycles. The molecular formula is C14H19ClFNO. The molecule has 0 amide bonds. The maximum absolute atomic E-state index is 13.5. The van der Waals surface area contributed by atoms with E-state index >= 15 is 0 Å². The fourth-order valence-electron chi connectivity index (χ4n) is 2.44. The van der Waals surface area contributed by atoms with E-state index in [2.05, 4.69) is 11.8 Å². The van der Waals surface area contributed by atoms with Gasteiger partial charge in [0, 0.05) is 30.8 Å². The van der Waals surface area contributed by atoms with E-state index in [1.54, 1.807) is 19.2 Å². The third-order valence-electron chi connectivity index (χ3n) is 3.57.